The Morgan fingerprint density at radius 2 is 1.88 bits per heavy atom. The molecule has 1 aliphatic heterocycles. The van der Waals surface area contributed by atoms with Crippen molar-refractivity contribution in [2.75, 3.05) is 0 Å². The molecule has 2 atom stereocenters. The second-order valence-electron chi connectivity index (χ2n) is 5.89. The molecule has 0 saturated carbocycles. The molecule has 2 aromatic rings. The number of aromatic nitrogens is 2. The van der Waals surface area contributed by atoms with Crippen molar-refractivity contribution >= 4 is 18.4 Å². The van der Waals surface area contributed by atoms with Crippen molar-refractivity contribution in [3.63, 3.8) is 0 Å². The number of carbonyl (C=O) groups is 1. The largest absolute Gasteiger partial charge is 0.492 e. The topological polar surface area (TPSA) is 75.3 Å². The Bertz CT molecular complexity index is 758. The van der Waals surface area contributed by atoms with Gasteiger partial charge in [-0.2, -0.15) is 18.3 Å². The van der Waals surface area contributed by atoms with Crippen LogP contribution in [0, 0.1) is 0 Å². The van der Waals surface area contributed by atoms with Gasteiger partial charge in [0.2, 0.25) is 0 Å². The average molecular weight is 338 g/mol. The molecule has 1 aromatic heterocycles. The molecule has 0 aliphatic carbocycles. The first kappa shape index (κ1) is 16.7. The van der Waals surface area contributed by atoms with Gasteiger partial charge in [-0.1, -0.05) is 12.1 Å². The minimum Gasteiger partial charge on any atom is -0.423 e. The number of ketones is 1. The van der Waals surface area contributed by atoms with Gasteiger partial charge in [0.25, 0.3) is 0 Å². The van der Waals surface area contributed by atoms with Crippen LogP contribution in [-0.4, -0.2) is 32.7 Å². The molecule has 126 valence electrons. The molecule has 0 saturated heterocycles. The van der Waals surface area contributed by atoms with Crippen molar-refractivity contribution in [1.29, 1.82) is 0 Å². The lowest BCUT2D eigenvalue weighted by atomic mass is 9.75. The summed E-state index contributed by atoms with van der Waals surface area (Å²) >= 11 is 0. The molecule has 9 heteroatoms. The first-order valence-electron chi connectivity index (χ1n) is 7.35. The highest BCUT2D eigenvalue weighted by molar-refractivity contribution is 6.60. The molecule has 0 fully saturated rings. The second-order valence-corrected chi connectivity index (χ2v) is 5.89. The maximum atomic E-state index is 12.7. The molecule has 5 nitrogen and oxygen atoms in total. The second kappa shape index (κ2) is 5.75. The van der Waals surface area contributed by atoms with E-state index in [0.717, 1.165) is 12.1 Å². The fourth-order valence-electron chi connectivity index (χ4n) is 3.06. The summed E-state index contributed by atoms with van der Waals surface area (Å²) < 4.78 is 39.4. The highest BCUT2D eigenvalue weighted by atomic mass is 19.4. The van der Waals surface area contributed by atoms with Crippen molar-refractivity contribution in [1.82, 2.24) is 9.78 Å². The Kier molecular flexibility index (Phi) is 4.01. The summed E-state index contributed by atoms with van der Waals surface area (Å²) in [7, 11) is -1.84. The number of rotatable bonds is 2. The fraction of sp³-hybridized carbons (Fsp3) is 0.333. The van der Waals surface area contributed by atoms with Crippen molar-refractivity contribution < 1.29 is 28.0 Å². The summed E-state index contributed by atoms with van der Waals surface area (Å²) in [6, 6.07) is 4.28. The number of benzene rings is 1. The van der Waals surface area contributed by atoms with E-state index in [1.165, 1.54) is 23.0 Å². The molecule has 1 unspecified atom stereocenters. The van der Waals surface area contributed by atoms with Gasteiger partial charge in [0.05, 0.1) is 17.5 Å². The summed E-state index contributed by atoms with van der Waals surface area (Å²) in [5.74, 6) is -1.03. The zero-order valence-electron chi connectivity index (χ0n) is 12.7. The molecular formula is C15H14BF3N2O3. The maximum Gasteiger partial charge on any atom is 0.492 e. The SMILES string of the molecule is C[C@H]1CC(c2ccc(C(F)(F)F)cc2)C(=O)c2c(B(O)O)cnn21. The highest BCUT2D eigenvalue weighted by Crippen LogP contribution is 2.36. The van der Waals surface area contributed by atoms with Gasteiger partial charge in [-0.05, 0) is 31.0 Å². The van der Waals surface area contributed by atoms with Crippen molar-refractivity contribution in [2.24, 2.45) is 0 Å². The summed E-state index contributed by atoms with van der Waals surface area (Å²) in [5.41, 5.74) is -0.221. The number of alkyl halides is 3. The molecule has 2 N–H and O–H groups in total. The lowest BCUT2D eigenvalue weighted by Gasteiger charge is -2.28. The van der Waals surface area contributed by atoms with E-state index in [2.05, 4.69) is 5.10 Å². The zero-order chi connectivity index (χ0) is 17.6. The van der Waals surface area contributed by atoms with Crippen LogP contribution in [0.15, 0.2) is 30.5 Å². The molecule has 2 heterocycles. The van der Waals surface area contributed by atoms with Crippen LogP contribution < -0.4 is 5.46 Å². The Morgan fingerprint density at radius 1 is 1.25 bits per heavy atom. The Balaban J connectivity index is 1.98. The number of hydrogen-bond donors (Lipinski definition) is 2. The van der Waals surface area contributed by atoms with E-state index < -0.39 is 24.8 Å². The summed E-state index contributed by atoms with van der Waals surface area (Å²) in [6.45, 7) is 1.81. The lowest BCUT2D eigenvalue weighted by molar-refractivity contribution is -0.137. The van der Waals surface area contributed by atoms with Gasteiger partial charge in [-0.15, -0.1) is 0 Å². The summed E-state index contributed by atoms with van der Waals surface area (Å²) in [6.07, 6.45) is -2.83. The van der Waals surface area contributed by atoms with E-state index in [1.54, 1.807) is 0 Å². The van der Waals surface area contributed by atoms with Gasteiger partial charge in [-0.3, -0.25) is 9.48 Å². The summed E-state index contributed by atoms with van der Waals surface area (Å²) in [5, 5.41) is 22.8. The first-order valence-corrected chi connectivity index (χ1v) is 7.35. The normalized spacial score (nSPS) is 20.8. The highest BCUT2D eigenvalue weighted by Gasteiger charge is 2.38. The number of Topliss-reactive ketones (excluding diaryl/α,β-unsaturated/α-hetero) is 1. The van der Waals surface area contributed by atoms with E-state index in [0.29, 0.717) is 12.0 Å². The predicted molar refractivity (Wildman–Crippen MR) is 79.9 cm³/mol. The maximum absolute atomic E-state index is 12.7. The van der Waals surface area contributed by atoms with Crippen LogP contribution in [-0.2, 0) is 6.18 Å². The minimum atomic E-state index is -4.44. The van der Waals surface area contributed by atoms with Crippen molar-refractivity contribution in [3.05, 3.63) is 47.3 Å². The van der Waals surface area contributed by atoms with E-state index in [4.69, 9.17) is 0 Å². The van der Waals surface area contributed by atoms with E-state index in [1.807, 2.05) is 6.92 Å². The molecule has 3 rings (SSSR count). The van der Waals surface area contributed by atoms with Gasteiger partial charge in [0.1, 0.15) is 5.69 Å². The van der Waals surface area contributed by atoms with E-state index in [-0.39, 0.29) is 23.0 Å². The van der Waals surface area contributed by atoms with Crippen LogP contribution >= 0.6 is 0 Å². The lowest BCUT2D eigenvalue weighted by Crippen LogP contribution is -2.38. The molecule has 0 radical (unpaired) electrons. The van der Waals surface area contributed by atoms with E-state index >= 15 is 0 Å². The summed E-state index contributed by atoms with van der Waals surface area (Å²) in [4.78, 5) is 12.7. The predicted octanol–water partition coefficient (Wildman–Crippen LogP) is 1.51. The van der Waals surface area contributed by atoms with Crippen LogP contribution in [0.3, 0.4) is 0 Å². The third kappa shape index (κ3) is 2.74. The zero-order valence-corrected chi connectivity index (χ0v) is 12.7. The van der Waals surface area contributed by atoms with E-state index in [9.17, 15) is 28.0 Å². The molecule has 1 aromatic carbocycles. The fourth-order valence-corrected chi connectivity index (χ4v) is 3.06. The van der Waals surface area contributed by atoms with Gasteiger partial charge in [0.15, 0.2) is 5.78 Å². The van der Waals surface area contributed by atoms with Gasteiger partial charge < -0.3 is 10.0 Å². The minimum absolute atomic E-state index is 0.00321. The van der Waals surface area contributed by atoms with Crippen LogP contribution in [0.5, 0.6) is 0 Å². The number of carbonyl (C=O) groups excluding carboxylic acids is 1. The molecule has 0 bridgehead atoms. The van der Waals surface area contributed by atoms with Gasteiger partial charge in [-0.25, -0.2) is 0 Å². The van der Waals surface area contributed by atoms with Gasteiger partial charge in [0, 0.05) is 11.7 Å². The van der Waals surface area contributed by atoms with Crippen LogP contribution in [0.1, 0.15) is 46.9 Å². The van der Waals surface area contributed by atoms with Crippen molar-refractivity contribution in [3.8, 4) is 0 Å². The molecule has 24 heavy (non-hydrogen) atoms. The number of nitrogens with zero attached hydrogens (tertiary/aromatic N) is 2. The number of halogens is 3. The Labute approximate surface area is 135 Å². The molecular weight excluding hydrogens is 324 g/mol. The van der Waals surface area contributed by atoms with Crippen LogP contribution in [0.25, 0.3) is 0 Å². The first-order chi connectivity index (χ1) is 11.2. The van der Waals surface area contributed by atoms with Crippen LogP contribution in [0.2, 0.25) is 0 Å². The third-order valence-corrected chi connectivity index (χ3v) is 4.29. The van der Waals surface area contributed by atoms with Crippen molar-refractivity contribution in [2.45, 2.75) is 31.5 Å². The Hall–Kier alpha value is -2.13. The number of fused-ring (bicyclic) bond motifs is 1. The molecule has 0 spiro atoms. The smallest absolute Gasteiger partial charge is 0.423 e. The number of hydrogen-bond acceptors (Lipinski definition) is 4. The standard InChI is InChI=1S/C15H14BF3N2O3/c1-8-6-11(9-2-4-10(5-3-9)15(17,18)19)14(22)13-12(16(23)24)7-20-21(8)13/h2-5,7-8,11,23-24H,6H2,1H3/t8-,11?/m0/s1. The molecule has 1 aliphatic rings. The van der Waals surface area contributed by atoms with Crippen LogP contribution in [0.4, 0.5) is 13.2 Å². The average Bonchev–Trinajstić information content (AvgIpc) is 2.96. The Morgan fingerprint density at radius 3 is 2.42 bits per heavy atom. The third-order valence-electron chi connectivity index (χ3n) is 4.29. The van der Waals surface area contributed by atoms with Gasteiger partial charge >= 0.3 is 13.3 Å². The molecule has 0 amide bonds. The quantitative estimate of drug-likeness (QED) is 0.814. The monoisotopic (exact) mass is 338 g/mol.